The van der Waals surface area contributed by atoms with Crippen molar-refractivity contribution >= 4 is 21.6 Å². The number of fused-ring (bicyclic) bond motifs is 1. The number of carbonyl (C=O) groups is 1. The smallest absolute Gasteiger partial charge is 0.251 e. The lowest BCUT2D eigenvalue weighted by atomic mass is 10.1. The first-order valence-corrected chi connectivity index (χ1v) is 11.3. The Bertz CT molecular complexity index is 929. The highest BCUT2D eigenvalue weighted by Crippen LogP contribution is 2.30. The molecule has 0 saturated heterocycles. The van der Waals surface area contributed by atoms with E-state index in [9.17, 15) is 13.2 Å². The van der Waals surface area contributed by atoms with Gasteiger partial charge in [-0.1, -0.05) is 30.3 Å². The number of rotatable bonds is 8. The normalized spacial score (nSPS) is 13.6. The van der Waals surface area contributed by atoms with Gasteiger partial charge in [0.2, 0.25) is 10.0 Å². The Hall–Kier alpha value is -2.38. The van der Waals surface area contributed by atoms with E-state index in [1.165, 1.54) is 16.1 Å². The molecule has 0 unspecified atom stereocenters. The zero-order valence-electron chi connectivity index (χ0n) is 16.4. The van der Waals surface area contributed by atoms with Crippen molar-refractivity contribution < 1.29 is 13.2 Å². The molecule has 0 bridgehead atoms. The van der Waals surface area contributed by atoms with E-state index in [-0.39, 0.29) is 5.91 Å². The van der Waals surface area contributed by atoms with Crippen molar-refractivity contribution in [1.29, 1.82) is 0 Å². The van der Waals surface area contributed by atoms with Crippen LogP contribution >= 0.6 is 0 Å². The third kappa shape index (κ3) is 5.11. The Kier molecular flexibility index (Phi) is 6.36. The predicted octanol–water partition coefficient (Wildman–Crippen LogP) is 2.26. The van der Waals surface area contributed by atoms with E-state index in [4.69, 9.17) is 0 Å². The van der Waals surface area contributed by atoms with Gasteiger partial charge in [-0.3, -0.25) is 9.10 Å². The Morgan fingerprint density at radius 3 is 2.64 bits per heavy atom. The average Bonchev–Trinajstić information content (AvgIpc) is 3.09. The number of amides is 1. The van der Waals surface area contributed by atoms with Crippen LogP contribution in [0.4, 0.5) is 5.69 Å². The zero-order chi connectivity index (χ0) is 20.1. The van der Waals surface area contributed by atoms with Crippen LogP contribution in [-0.2, 0) is 23.0 Å². The van der Waals surface area contributed by atoms with Crippen LogP contribution in [0.5, 0.6) is 0 Å². The van der Waals surface area contributed by atoms with Gasteiger partial charge in [-0.15, -0.1) is 0 Å². The summed E-state index contributed by atoms with van der Waals surface area (Å²) < 4.78 is 25.0. The third-order valence-corrected chi connectivity index (χ3v) is 6.07. The van der Waals surface area contributed by atoms with Crippen molar-refractivity contribution in [2.45, 2.75) is 19.4 Å². The largest absolute Gasteiger partial charge is 0.352 e. The molecule has 0 fully saturated rings. The van der Waals surface area contributed by atoms with Crippen molar-refractivity contribution in [3.63, 3.8) is 0 Å². The standard InChI is InChI=1S/C21H27N3O3S/c1-23(16-17-7-4-3-5-8-17)13-6-12-22-21(25)19-9-10-20-18(15-19)11-14-24(20)28(2,26)27/h3-5,7-10,15H,6,11-14,16H2,1-2H3,(H,22,25). The van der Waals surface area contributed by atoms with E-state index in [2.05, 4.69) is 29.4 Å². The molecule has 3 rings (SSSR count). The van der Waals surface area contributed by atoms with Crippen LogP contribution in [0.1, 0.15) is 27.9 Å². The quantitative estimate of drug-likeness (QED) is 0.689. The second-order valence-corrected chi connectivity index (χ2v) is 9.17. The average molecular weight is 402 g/mol. The van der Waals surface area contributed by atoms with E-state index in [0.717, 1.165) is 25.1 Å². The molecule has 1 N–H and O–H groups in total. The van der Waals surface area contributed by atoms with Crippen LogP contribution in [0.25, 0.3) is 0 Å². The molecule has 0 aliphatic carbocycles. The van der Waals surface area contributed by atoms with Crippen LogP contribution in [0.2, 0.25) is 0 Å². The number of benzene rings is 2. The molecule has 0 radical (unpaired) electrons. The maximum Gasteiger partial charge on any atom is 0.251 e. The van der Waals surface area contributed by atoms with Gasteiger partial charge < -0.3 is 10.2 Å². The van der Waals surface area contributed by atoms with Crippen LogP contribution in [0, 0.1) is 0 Å². The highest BCUT2D eigenvalue weighted by Gasteiger charge is 2.26. The second-order valence-electron chi connectivity index (χ2n) is 7.26. The molecule has 1 heterocycles. The van der Waals surface area contributed by atoms with Gasteiger partial charge in [0.15, 0.2) is 0 Å². The molecule has 0 atom stereocenters. The molecule has 2 aromatic carbocycles. The lowest BCUT2D eigenvalue weighted by molar-refractivity contribution is 0.0952. The third-order valence-electron chi connectivity index (χ3n) is 4.89. The number of hydrogen-bond acceptors (Lipinski definition) is 4. The first-order valence-electron chi connectivity index (χ1n) is 9.46. The number of sulfonamides is 1. The summed E-state index contributed by atoms with van der Waals surface area (Å²) in [5, 5.41) is 2.95. The fourth-order valence-electron chi connectivity index (χ4n) is 3.48. The summed E-state index contributed by atoms with van der Waals surface area (Å²) in [6, 6.07) is 15.5. The summed E-state index contributed by atoms with van der Waals surface area (Å²) in [5.74, 6) is -0.119. The SMILES string of the molecule is CN(CCCNC(=O)c1ccc2c(c1)CCN2S(C)(=O)=O)Cc1ccccc1. The van der Waals surface area contributed by atoms with Crippen molar-refractivity contribution in [3.8, 4) is 0 Å². The summed E-state index contributed by atoms with van der Waals surface area (Å²) in [7, 11) is -1.20. The monoisotopic (exact) mass is 401 g/mol. The molecule has 6 nitrogen and oxygen atoms in total. The number of carbonyl (C=O) groups excluding carboxylic acids is 1. The Balaban J connectivity index is 1.47. The van der Waals surface area contributed by atoms with Crippen LogP contribution in [0.15, 0.2) is 48.5 Å². The van der Waals surface area contributed by atoms with Crippen LogP contribution in [-0.4, -0.2) is 52.2 Å². The number of nitrogens with one attached hydrogen (secondary N) is 1. The van der Waals surface area contributed by atoms with Gasteiger partial charge in [0.25, 0.3) is 5.91 Å². The summed E-state index contributed by atoms with van der Waals surface area (Å²) in [6.45, 7) is 2.82. The lowest BCUT2D eigenvalue weighted by Crippen LogP contribution is -2.28. The van der Waals surface area contributed by atoms with Gasteiger partial charge in [0, 0.05) is 25.2 Å². The highest BCUT2D eigenvalue weighted by atomic mass is 32.2. The Morgan fingerprint density at radius 1 is 1.18 bits per heavy atom. The molecular formula is C21H27N3O3S. The molecule has 150 valence electrons. The minimum Gasteiger partial charge on any atom is -0.352 e. The van der Waals surface area contributed by atoms with Gasteiger partial charge in [-0.2, -0.15) is 0 Å². The van der Waals surface area contributed by atoms with Gasteiger partial charge in [0.1, 0.15) is 0 Å². The molecule has 1 amide bonds. The van der Waals surface area contributed by atoms with E-state index in [0.29, 0.717) is 30.8 Å². The van der Waals surface area contributed by atoms with Gasteiger partial charge in [-0.05, 0) is 55.8 Å². The van der Waals surface area contributed by atoms with Crippen molar-refractivity contribution in [2.24, 2.45) is 0 Å². The molecule has 1 aliphatic heterocycles. The number of hydrogen-bond donors (Lipinski definition) is 1. The Labute approximate surface area is 167 Å². The summed E-state index contributed by atoms with van der Waals surface area (Å²) in [6.07, 6.45) is 2.70. The van der Waals surface area contributed by atoms with Crippen LogP contribution in [0.3, 0.4) is 0 Å². The summed E-state index contributed by atoms with van der Waals surface area (Å²) in [5.41, 5.74) is 3.43. The van der Waals surface area contributed by atoms with Crippen LogP contribution < -0.4 is 9.62 Å². The van der Waals surface area contributed by atoms with Crippen molar-refractivity contribution in [3.05, 3.63) is 65.2 Å². The lowest BCUT2D eigenvalue weighted by Gasteiger charge is -2.17. The number of nitrogens with zero attached hydrogens (tertiary/aromatic N) is 2. The van der Waals surface area contributed by atoms with E-state index >= 15 is 0 Å². The minimum absolute atomic E-state index is 0.119. The van der Waals surface area contributed by atoms with Crippen molar-refractivity contribution in [2.75, 3.05) is 37.2 Å². The maximum absolute atomic E-state index is 12.4. The molecule has 28 heavy (non-hydrogen) atoms. The van der Waals surface area contributed by atoms with E-state index in [1.54, 1.807) is 18.2 Å². The molecule has 0 saturated carbocycles. The van der Waals surface area contributed by atoms with Gasteiger partial charge in [-0.25, -0.2) is 8.42 Å². The molecule has 2 aromatic rings. The van der Waals surface area contributed by atoms with Gasteiger partial charge in [0.05, 0.1) is 11.9 Å². The first-order chi connectivity index (χ1) is 13.3. The predicted molar refractivity (Wildman–Crippen MR) is 112 cm³/mol. The molecule has 0 spiro atoms. The molecule has 0 aromatic heterocycles. The summed E-state index contributed by atoms with van der Waals surface area (Å²) >= 11 is 0. The molecular weight excluding hydrogens is 374 g/mol. The van der Waals surface area contributed by atoms with E-state index < -0.39 is 10.0 Å². The van der Waals surface area contributed by atoms with Crippen molar-refractivity contribution in [1.82, 2.24) is 10.2 Å². The molecule has 1 aliphatic rings. The topological polar surface area (TPSA) is 69.7 Å². The first kappa shape index (κ1) is 20.4. The Morgan fingerprint density at radius 2 is 1.93 bits per heavy atom. The summed E-state index contributed by atoms with van der Waals surface area (Å²) in [4.78, 5) is 14.6. The molecule has 7 heteroatoms. The van der Waals surface area contributed by atoms with E-state index in [1.807, 2.05) is 18.2 Å². The minimum atomic E-state index is -3.27. The highest BCUT2D eigenvalue weighted by molar-refractivity contribution is 7.92. The maximum atomic E-state index is 12.4. The van der Waals surface area contributed by atoms with Gasteiger partial charge >= 0.3 is 0 Å². The fourth-order valence-corrected chi connectivity index (χ4v) is 4.44. The fraction of sp³-hybridized carbons (Fsp3) is 0.381. The second kappa shape index (κ2) is 8.75. The number of anilines is 1. The zero-order valence-corrected chi connectivity index (χ0v) is 17.2.